The predicted molar refractivity (Wildman–Crippen MR) is 72.2 cm³/mol. The summed E-state index contributed by atoms with van der Waals surface area (Å²) in [7, 11) is 1.72. The summed E-state index contributed by atoms with van der Waals surface area (Å²) in [4.78, 5) is 4.20. The van der Waals surface area contributed by atoms with Crippen LogP contribution >= 0.6 is 0 Å². The number of likely N-dealkylation sites (N-methyl/N-ethyl adjacent to an activating group) is 1. The van der Waals surface area contributed by atoms with E-state index in [4.69, 9.17) is 0 Å². The van der Waals surface area contributed by atoms with Crippen molar-refractivity contribution in [3.8, 4) is 0 Å². The van der Waals surface area contributed by atoms with Crippen LogP contribution in [0.1, 0.15) is 30.8 Å². The maximum Gasteiger partial charge on any atom is 0.163 e. The minimum Gasteiger partial charge on any atom is -0.313 e. The number of rotatable bonds is 6. The van der Waals surface area contributed by atoms with Gasteiger partial charge in [0.2, 0.25) is 0 Å². The van der Waals surface area contributed by atoms with Crippen LogP contribution in [0.3, 0.4) is 0 Å². The van der Waals surface area contributed by atoms with Crippen molar-refractivity contribution in [2.75, 3.05) is 7.05 Å². The van der Waals surface area contributed by atoms with Gasteiger partial charge in [-0.25, -0.2) is 13.8 Å². The summed E-state index contributed by atoms with van der Waals surface area (Å²) < 4.78 is 29.0. The summed E-state index contributed by atoms with van der Waals surface area (Å²) in [5.41, 5.74) is 0.304. The first-order chi connectivity index (χ1) is 9.67. The first-order valence-corrected chi connectivity index (χ1v) is 6.65. The van der Waals surface area contributed by atoms with E-state index in [9.17, 15) is 8.78 Å². The molecule has 6 heteroatoms. The molecule has 1 heterocycles. The van der Waals surface area contributed by atoms with Gasteiger partial charge in [0.15, 0.2) is 11.6 Å². The predicted octanol–water partition coefficient (Wildman–Crippen LogP) is 2.47. The molecule has 0 aliphatic heterocycles. The first-order valence-electron chi connectivity index (χ1n) is 6.65. The molecule has 2 aromatic rings. The van der Waals surface area contributed by atoms with Gasteiger partial charge in [-0.3, -0.25) is 4.68 Å². The standard InChI is InChI=1S/C14H18F2N4/c1-3-7-20-13(18-9-19-20)8-12(17-2)10-5-4-6-11(15)14(10)16/h4-6,9,12,17H,3,7-8H2,1-2H3. The van der Waals surface area contributed by atoms with Crippen LogP contribution in [0.2, 0.25) is 0 Å². The van der Waals surface area contributed by atoms with Gasteiger partial charge in [0, 0.05) is 24.6 Å². The quantitative estimate of drug-likeness (QED) is 0.884. The summed E-state index contributed by atoms with van der Waals surface area (Å²) in [6.07, 6.45) is 2.88. The van der Waals surface area contributed by atoms with Gasteiger partial charge >= 0.3 is 0 Å². The summed E-state index contributed by atoms with van der Waals surface area (Å²) in [6, 6.07) is 3.87. The fourth-order valence-corrected chi connectivity index (χ4v) is 2.18. The summed E-state index contributed by atoms with van der Waals surface area (Å²) in [5.74, 6) is -0.888. The third-order valence-electron chi connectivity index (χ3n) is 3.22. The van der Waals surface area contributed by atoms with Crippen LogP contribution in [0, 0.1) is 11.6 Å². The van der Waals surface area contributed by atoms with Gasteiger partial charge in [0.25, 0.3) is 0 Å². The highest BCUT2D eigenvalue weighted by Crippen LogP contribution is 2.22. The number of aryl methyl sites for hydroxylation is 1. The van der Waals surface area contributed by atoms with E-state index in [-0.39, 0.29) is 6.04 Å². The molecule has 1 N–H and O–H groups in total. The number of aromatic nitrogens is 3. The molecule has 0 aliphatic carbocycles. The van der Waals surface area contributed by atoms with Crippen LogP contribution in [-0.2, 0) is 13.0 Å². The molecule has 0 saturated heterocycles. The molecular weight excluding hydrogens is 262 g/mol. The highest BCUT2D eigenvalue weighted by atomic mass is 19.2. The van der Waals surface area contributed by atoms with Crippen LogP contribution < -0.4 is 5.32 Å². The molecule has 0 aliphatic rings. The van der Waals surface area contributed by atoms with Gasteiger partial charge in [0.05, 0.1) is 0 Å². The van der Waals surface area contributed by atoms with E-state index in [0.717, 1.165) is 24.9 Å². The van der Waals surface area contributed by atoms with Crippen molar-refractivity contribution >= 4 is 0 Å². The Kier molecular flexibility index (Phi) is 4.79. The van der Waals surface area contributed by atoms with E-state index in [1.807, 2.05) is 6.92 Å². The maximum atomic E-state index is 13.9. The Labute approximate surface area is 116 Å². The van der Waals surface area contributed by atoms with Gasteiger partial charge < -0.3 is 5.32 Å². The van der Waals surface area contributed by atoms with Gasteiger partial charge in [0.1, 0.15) is 12.2 Å². The van der Waals surface area contributed by atoms with Crippen molar-refractivity contribution in [3.05, 3.63) is 47.5 Å². The van der Waals surface area contributed by atoms with Crippen LogP contribution in [0.15, 0.2) is 24.5 Å². The van der Waals surface area contributed by atoms with E-state index in [2.05, 4.69) is 15.4 Å². The molecule has 1 atom stereocenters. The molecule has 108 valence electrons. The lowest BCUT2D eigenvalue weighted by molar-refractivity contribution is 0.462. The van der Waals surface area contributed by atoms with Crippen molar-refractivity contribution in [1.29, 1.82) is 0 Å². The zero-order valence-electron chi connectivity index (χ0n) is 11.6. The van der Waals surface area contributed by atoms with E-state index < -0.39 is 11.6 Å². The van der Waals surface area contributed by atoms with Gasteiger partial charge in [-0.1, -0.05) is 19.1 Å². The van der Waals surface area contributed by atoms with Gasteiger partial charge in [-0.05, 0) is 19.5 Å². The van der Waals surface area contributed by atoms with Gasteiger partial charge in [-0.2, -0.15) is 5.10 Å². The van der Waals surface area contributed by atoms with Crippen LogP contribution in [0.25, 0.3) is 0 Å². The molecule has 20 heavy (non-hydrogen) atoms. The molecule has 0 saturated carbocycles. The Morgan fingerprint density at radius 3 is 2.85 bits per heavy atom. The number of halogens is 2. The van der Waals surface area contributed by atoms with Crippen LogP contribution in [0.4, 0.5) is 8.78 Å². The van der Waals surface area contributed by atoms with Crippen molar-refractivity contribution < 1.29 is 8.78 Å². The molecule has 2 rings (SSSR count). The Balaban J connectivity index is 2.24. The average Bonchev–Trinajstić information content (AvgIpc) is 2.87. The van der Waals surface area contributed by atoms with Crippen molar-refractivity contribution in [1.82, 2.24) is 20.1 Å². The smallest absolute Gasteiger partial charge is 0.163 e. The molecule has 4 nitrogen and oxygen atoms in total. The molecule has 1 aromatic heterocycles. The molecule has 0 amide bonds. The number of nitrogens with one attached hydrogen (secondary N) is 1. The first kappa shape index (κ1) is 14.6. The number of benzene rings is 1. The van der Waals surface area contributed by atoms with E-state index in [0.29, 0.717) is 12.0 Å². The van der Waals surface area contributed by atoms with E-state index in [1.54, 1.807) is 17.8 Å². The minimum atomic E-state index is -0.835. The zero-order valence-corrected chi connectivity index (χ0v) is 11.6. The highest BCUT2D eigenvalue weighted by Gasteiger charge is 2.19. The SMILES string of the molecule is CCCn1ncnc1CC(NC)c1cccc(F)c1F. The topological polar surface area (TPSA) is 42.7 Å². The van der Waals surface area contributed by atoms with Crippen molar-refractivity contribution in [2.24, 2.45) is 0 Å². The van der Waals surface area contributed by atoms with Crippen molar-refractivity contribution in [3.63, 3.8) is 0 Å². The third-order valence-corrected chi connectivity index (χ3v) is 3.22. The lowest BCUT2D eigenvalue weighted by atomic mass is 10.0. The Bertz CT molecular complexity index is 568. The monoisotopic (exact) mass is 280 g/mol. The number of nitrogens with zero attached hydrogens (tertiary/aromatic N) is 3. The fourth-order valence-electron chi connectivity index (χ4n) is 2.18. The van der Waals surface area contributed by atoms with Gasteiger partial charge in [-0.15, -0.1) is 0 Å². The van der Waals surface area contributed by atoms with Crippen molar-refractivity contribution in [2.45, 2.75) is 32.4 Å². The molecule has 1 aromatic carbocycles. The fraction of sp³-hybridized carbons (Fsp3) is 0.429. The third kappa shape index (κ3) is 3.01. The maximum absolute atomic E-state index is 13.9. The van der Waals surface area contributed by atoms with Crippen LogP contribution in [0.5, 0.6) is 0 Å². The largest absolute Gasteiger partial charge is 0.313 e. The lowest BCUT2D eigenvalue weighted by Crippen LogP contribution is -2.22. The average molecular weight is 280 g/mol. The Morgan fingerprint density at radius 2 is 2.15 bits per heavy atom. The van der Waals surface area contributed by atoms with E-state index >= 15 is 0 Å². The molecule has 0 radical (unpaired) electrons. The van der Waals surface area contributed by atoms with Crippen LogP contribution in [-0.4, -0.2) is 21.8 Å². The lowest BCUT2D eigenvalue weighted by Gasteiger charge is -2.17. The Morgan fingerprint density at radius 1 is 1.35 bits per heavy atom. The zero-order chi connectivity index (χ0) is 14.5. The minimum absolute atomic E-state index is 0.304. The second-order valence-corrected chi connectivity index (χ2v) is 4.59. The second-order valence-electron chi connectivity index (χ2n) is 4.59. The highest BCUT2D eigenvalue weighted by molar-refractivity contribution is 5.23. The second kappa shape index (κ2) is 6.56. The molecule has 1 unspecified atom stereocenters. The Hall–Kier alpha value is -1.82. The summed E-state index contributed by atoms with van der Waals surface area (Å²) >= 11 is 0. The van der Waals surface area contributed by atoms with E-state index in [1.165, 1.54) is 12.4 Å². The molecular formula is C14H18F2N4. The molecule has 0 spiro atoms. The summed E-state index contributed by atoms with van der Waals surface area (Å²) in [5, 5.41) is 7.14. The molecule has 0 fully saturated rings. The number of hydrogen-bond donors (Lipinski definition) is 1. The molecule has 0 bridgehead atoms. The summed E-state index contributed by atoms with van der Waals surface area (Å²) in [6.45, 7) is 2.81. The normalized spacial score (nSPS) is 12.6. The number of hydrogen-bond acceptors (Lipinski definition) is 3.